The van der Waals surface area contributed by atoms with Gasteiger partial charge in [-0.3, -0.25) is 9.69 Å². The van der Waals surface area contributed by atoms with Gasteiger partial charge in [0.2, 0.25) is 0 Å². The van der Waals surface area contributed by atoms with E-state index in [-0.39, 0.29) is 24.2 Å². The molecule has 0 spiro atoms. The molecule has 2 aromatic heterocycles. The number of hydrogen-bond donors (Lipinski definition) is 0. The number of aromatic nitrogens is 4. The summed E-state index contributed by atoms with van der Waals surface area (Å²) in [7, 11) is 3.59. The fraction of sp³-hybridized carbons (Fsp3) is 0.529. The summed E-state index contributed by atoms with van der Waals surface area (Å²) in [5.41, 5.74) is 0.704. The summed E-state index contributed by atoms with van der Waals surface area (Å²) in [4.78, 5) is 30.6. The number of carbonyl (C=O) groups excluding carboxylic acids is 1. The maximum absolute atomic E-state index is 12.7. The van der Waals surface area contributed by atoms with Crippen molar-refractivity contribution in [3.63, 3.8) is 0 Å². The molecule has 136 valence electrons. The first-order chi connectivity index (χ1) is 11.8. The van der Waals surface area contributed by atoms with Crippen molar-refractivity contribution in [2.45, 2.75) is 39.3 Å². The van der Waals surface area contributed by atoms with Gasteiger partial charge in [-0.1, -0.05) is 13.0 Å². The highest BCUT2D eigenvalue weighted by molar-refractivity contribution is 5.71. The van der Waals surface area contributed by atoms with Crippen LogP contribution >= 0.6 is 0 Å². The first-order valence-electron chi connectivity index (χ1n) is 8.26. The summed E-state index contributed by atoms with van der Waals surface area (Å²) >= 11 is 0. The van der Waals surface area contributed by atoms with E-state index in [0.29, 0.717) is 12.2 Å². The van der Waals surface area contributed by atoms with Gasteiger partial charge in [-0.15, -0.1) is 0 Å². The summed E-state index contributed by atoms with van der Waals surface area (Å²) in [5, 5.41) is 4.20. The fourth-order valence-corrected chi connectivity index (χ4v) is 2.59. The number of hydrogen-bond acceptors (Lipinski definition) is 6. The highest BCUT2D eigenvalue weighted by atomic mass is 16.5. The van der Waals surface area contributed by atoms with E-state index in [1.54, 1.807) is 38.2 Å². The van der Waals surface area contributed by atoms with Gasteiger partial charge in [0.15, 0.2) is 0 Å². The van der Waals surface area contributed by atoms with Gasteiger partial charge in [0, 0.05) is 6.20 Å². The summed E-state index contributed by atoms with van der Waals surface area (Å²) in [6.07, 6.45) is 3.28. The third kappa shape index (κ3) is 4.54. The van der Waals surface area contributed by atoms with Crippen molar-refractivity contribution < 1.29 is 9.53 Å². The molecule has 2 atom stereocenters. The maximum atomic E-state index is 12.7. The van der Waals surface area contributed by atoms with Gasteiger partial charge in [0.25, 0.3) is 0 Å². The number of rotatable bonds is 7. The first kappa shape index (κ1) is 18.9. The SMILES string of the molecule is CC[C@@H]([C@H](C)OC(=O)CN(C)C)n1ncn(-c2ccc(C)cn2)c1=O. The number of likely N-dealkylation sites (N-methyl/N-ethyl adjacent to an activating group) is 1. The van der Waals surface area contributed by atoms with Crippen molar-refractivity contribution in [2.75, 3.05) is 20.6 Å². The molecule has 0 aliphatic rings. The molecule has 0 saturated heterocycles. The highest BCUT2D eigenvalue weighted by Crippen LogP contribution is 2.16. The minimum absolute atomic E-state index is 0.192. The van der Waals surface area contributed by atoms with E-state index < -0.39 is 6.10 Å². The van der Waals surface area contributed by atoms with Crippen molar-refractivity contribution in [2.24, 2.45) is 0 Å². The Balaban J connectivity index is 2.22. The lowest BCUT2D eigenvalue weighted by Gasteiger charge is -2.23. The largest absolute Gasteiger partial charge is 0.459 e. The molecule has 0 aliphatic carbocycles. The standard InChI is InChI=1S/C17H25N5O3/c1-6-14(13(3)25-16(23)10-20(4)5)22-17(24)21(11-19-22)15-8-7-12(2)9-18-15/h7-9,11,13-14H,6,10H2,1-5H3/t13-,14-/m0/s1. The third-order valence-electron chi connectivity index (χ3n) is 3.87. The molecule has 0 radical (unpaired) electrons. The van der Waals surface area contributed by atoms with E-state index in [4.69, 9.17) is 4.74 Å². The Kier molecular flexibility index (Phi) is 6.08. The normalized spacial score (nSPS) is 13.7. The van der Waals surface area contributed by atoms with Crippen LogP contribution in [0.15, 0.2) is 29.5 Å². The monoisotopic (exact) mass is 347 g/mol. The van der Waals surface area contributed by atoms with Crippen molar-refractivity contribution >= 4 is 5.97 Å². The predicted octanol–water partition coefficient (Wildman–Crippen LogP) is 1.18. The number of esters is 1. The average molecular weight is 347 g/mol. The Morgan fingerprint density at radius 1 is 1.36 bits per heavy atom. The molecular weight excluding hydrogens is 322 g/mol. The highest BCUT2D eigenvalue weighted by Gasteiger charge is 2.25. The molecule has 2 aromatic rings. The third-order valence-corrected chi connectivity index (χ3v) is 3.87. The topological polar surface area (TPSA) is 82.2 Å². The molecular formula is C17H25N5O3. The Morgan fingerprint density at radius 3 is 2.64 bits per heavy atom. The quantitative estimate of drug-likeness (QED) is 0.700. The summed E-state index contributed by atoms with van der Waals surface area (Å²) in [6.45, 7) is 5.82. The van der Waals surface area contributed by atoms with Crippen molar-refractivity contribution in [3.05, 3.63) is 40.7 Å². The van der Waals surface area contributed by atoms with Crippen LogP contribution in [-0.2, 0) is 9.53 Å². The molecule has 0 aromatic carbocycles. The Labute approximate surface area is 147 Å². The first-order valence-corrected chi connectivity index (χ1v) is 8.26. The molecule has 0 amide bonds. The minimum atomic E-state index is -0.468. The number of nitrogens with zero attached hydrogens (tertiary/aromatic N) is 5. The van der Waals surface area contributed by atoms with E-state index in [9.17, 15) is 9.59 Å². The number of aryl methyl sites for hydroxylation is 1. The van der Waals surface area contributed by atoms with Crippen LogP contribution in [-0.4, -0.2) is 56.9 Å². The van der Waals surface area contributed by atoms with E-state index in [1.165, 1.54) is 15.6 Å². The molecule has 0 fully saturated rings. The van der Waals surface area contributed by atoms with Crippen molar-refractivity contribution in [1.29, 1.82) is 0 Å². The molecule has 0 N–H and O–H groups in total. The molecule has 0 bridgehead atoms. The molecule has 25 heavy (non-hydrogen) atoms. The predicted molar refractivity (Wildman–Crippen MR) is 93.8 cm³/mol. The zero-order chi connectivity index (χ0) is 18.6. The van der Waals surface area contributed by atoms with E-state index in [1.807, 2.05) is 19.9 Å². The van der Waals surface area contributed by atoms with E-state index >= 15 is 0 Å². The van der Waals surface area contributed by atoms with Gasteiger partial charge in [0.1, 0.15) is 18.2 Å². The molecule has 0 saturated carbocycles. The zero-order valence-corrected chi connectivity index (χ0v) is 15.3. The van der Waals surface area contributed by atoms with Crippen molar-refractivity contribution in [1.82, 2.24) is 24.2 Å². The lowest BCUT2D eigenvalue weighted by atomic mass is 10.1. The van der Waals surface area contributed by atoms with Crippen LogP contribution in [0.25, 0.3) is 5.82 Å². The zero-order valence-electron chi connectivity index (χ0n) is 15.3. The molecule has 2 heterocycles. The molecule has 8 nitrogen and oxygen atoms in total. The van der Waals surface area contributed by atoms with Gasteiger partial charge in [-0.05, 0) is 46.0 Å². The number of pyridine rings is 1. The molecule has 0 aliphatic heterocycles. The van der Waals surface area contributed by atoms with Crippen LogP contribution in [0, 0.1) is 6.92 Å². The van der Waals surface area contributed by atoms with Gasteiger partial charge < -0.3 is 4.74 Å². The number of ether oxygens (including phenoxy) is 1. The lowest BCUT2D eigenvalue weighted by Crippen LogP contribution is -2.36. The van der Waals surface area contributed by atoms with E-state index in [2.05, 4.69) is 10.1 Å². The Bertz CT molecular complexity index is 763. The second-order valence-corrected chi connectivity index (χ2v) is 6.33. The molecule has 2 rings (SSSR count). The Morgan fingerprint density at radius 2 is 2.08 bits per heavy atom. The molecule has 0 unspecified atom stereocenters. The van der Waals surface area contributed by atoms with Crippen LogP contribution in [0.3, 0.4) is 0 Å². The lowest BCUT2D eigenvalue weighted by molar-refractivity contribution is -0.151. The summed E-state index contributed by atoms with van der Waals surface area (Å²) in [5.74, 6) is 0.178. The second-order valence-electron chi connectivity index (χ2n) is 6.33. The van der Waals surface area contributed by atoms with Crippen LogP contribution in [0.5, 0.6) is 0 Å². The number of carbonyl (C=O) groups is 1. The van der Waals surface area contributed by atoms with Gasteiger partial charge in [0.05, 0.1) is 12.6 Å². The average Bonchev–Trinajstić information content (AvgIpc) is 2.90. The summed E-state index contributed by atoms with van der Waals surface area (Å²) in [6, 6.07) is 3.31. The van der Waals surface area contributed by atoms with Gasteiger partial charge in [-0.2, -0.15) is 5.10 Å². The smallest absolute Gasteiger partial charge is 0.351 e. The summed E-state index contributed by atoms with van der Waals surface area (Å²) < 4.78 is 8.19. The second kappa shape index (κ2) is 8.06. The van der Waals surface area contributed by atoms with Crippen LogP contribution < -0.4 is 5.69 Å². The van der Waals surface area contributed by atoms with Gasteiger partial charge >= 0.3 is 11.7 Å². The minimum Gasteiger partial charge on any atom is -0.459 e. The van der Waals surface area contributed by atoms with Crippen molar-refractivity contribution in [3.8, 4) is 5.82 Å². The van der Waals surface area contributed by atoms with E-state index in [0.717, 1.165) is 5.56 Å². The fourth-order valence-electron chi connectivity index (χ4n) is 2.59. The van der Waals surface area contributed by atoms with Gasteiger partial charge in [-0.25, -0.2) is 19.0 Å². The van der Waals surface area contributed by atoms with Crippen LogP contribution in [0.2, 0.25) is 0 Å². The maximum Gasteiger partial charge on any atom is 0.351 e. The van der Waals surface area contributed by atoms with Crippen LogP contribution in [0.1, 0.15) is 31.9 Å². The van der Waals surface area contributed by atoms with Crippen LogP contribution in [0.4, 0.5) is 0 Å². The Hall–Kier alpha value is -2.48. The molecule has 8 heteroatoms.